The fraction of sp³-hybridized carbons (Fsp3) is 0.318. The lowest BCUT2D eigenvalue weighted by atomic mass is 9.96. The van der Waals surface area contributed by atoms with Crippen molar-refractivity contribution in [3.63, 3.8) is 0 Å². The van der Waals surface area contributed by atoms with E-state index in [0.717, 1.165) is 11.1 Å². The van der Waals surface area contributed by atoms with Crippen LogP contribution in [-0.4, -0.2) is 53.5 Å². The van der Waals surface area contributed by atoms with Crippen molar-refractivity contribution in [2.45, 2.75) is 18.9 Å². The van der Waals surface area contributed by atoms with Gasteiger partial charge in [0.05, 0.1) is 6.04 Å². The van der Waals surface area contributed by atoms with E-state index in [9.17, 15) is 18.4 Å². The highest BCUT2D eigenvalue weighted by Gasteiger charge is 2.30. The van der Waals surface area contributed by atoms with Gasteiger partial charge < -0.3 is 4.90 Å². The molecule has 0 aromatic heterocycles. The molecule has 2 heterocycles. The van der Waals surface area contributed by atoms with Crippen LogP contribution < -0.4 is 5.43 Å². The summed E-state index contributed by atoms with van der Waals surface area (Å²) in [4.78, 5) is 27.9. The zero-order valence-electron chi connectivity index (χ0n) is 16.4. The van der Waals surface area contributed by atoms with E-state index in [1.165, 1.54) is 24.3 Å². The molecule has 1 fully saturated rings. The van der Waals surface area contributed by atoms with Crippen molar-refractivity contribution in [2.24, 2.45) is 5.10 Å². The molecule has 8 heteroatoms. The maximum atomic E-state index is 13.4. The Morgan fingerprint density at radius 2 is 1.40 bits per heavy atom. The predicted molar refractivity (Wildman–Crippen MR) is 108 cm³/mol. The van der Waals surface area contributed by atoms with Crippen molar-refractivity contribution in [3.8, 4) is 0 Å². The molecule has 0 spiro atoms. The molecule has 6 nitrogen and oxygen atoms in total. The lowest BCUT2D eigenvalue weighted by Gasteiger charge is -2.40. The minimum atomic E-state index is -0.313. The zero-order chi connectivity index (χ0) is 21.1. The number of rotatable bonds is 4. The van der Waals surface area contributed by atoms with Crippen LogP contribution in [0.2, 0.25) is 0 Å². The van der Waals surface area contributed by atoms with Crippen LogP contribution >= 0.6 is 0 Å². The number of halogens is 2. The molecule has 2 amide bonds. The van der Waals surface area contributed by atoms with Crippen LogP contribution in [0.4, 0.5) is 8.78 Å². The number of amides is 2. The molecule has 2 aromatic carbocycles. The van der Waals surface area contributed by atoms with Gasteiger partial charge in [-0.05, 0) is 35.4 Å². The molecule has 0 unspecified atom stereocenters. The van der Waals surface area contributed by atoms with E-state index in [2.05, 4.69) is 15.4 Å². The summed E-state index contributed by atoms with van der Waals surface area (Å²) in [5, 5.41) is 3.89. The molecule has 1 N–H and O–H groups in total. The molecule has 156 valence electrons. The summed E-state index contributed by atoms with van der Waals surface area (Å²) in [5.74, 6) is -0.965. The topological polar surface area (TPSA) is 65.0 Å². The molecule has 1 saturated heterocycles. The van der Waals surface area contributed by atoms with Crippen LogP contribution in [0.3, 0.4) is 0 Å². The molecule has 2 aromatic rings. The average Bonchev–Trinajstić information content (AvgIpc) is 2.77. The number of carbonyl (C=O) groups excluding carboxylic acids is 2. The first-order chi connectivity index (χ1) is 14.5. The van der Waals surface area contributed by atoms with Crippen molar-refractivity contribution in [2.75, 3.05) is 26.2 Å². The van der Waals surface area contributed by atoms with Gasteiger partial charge in [0, 0.05) is 39.0 Å². The number of benzene rings is 2. The molecule has 0 saturated carbocycles. The number of hydrogen-bond donors (Lipinski definition) is 1. The normalized spacial score (nSPS) is 17.6. The van der Waals surface area contributed by atoms with Crippen molar-refractivity contribution < 1.29 is 18.4 Å². The van der Waals surface area contributed by atoms with E-state index >= 15 is 0 Å². The summed E-state index contributed by atoms with van der Waals surface area (Å²) >= 11 is 0. The molecular weight excluding hydrogens is 390 g/mol. The van der Waals surface area contributed by atoms with Crippen molar-refractivity contribution >= 4 is 17.5 Å². The highest BCUT2D eigenvalue weighted by molar-refractivity contribution is 6.39. The minimum Gasteiger partial charge on any atom is -0.335 e. The van der Waals surface area contributed by atoms with Gasteiger partial charge in [0.2, 0.25) is 5.91 Å². The SMILES string of the molecule is O=C1CCC(C(=O)N2CCN(C(c3ccc(F)cc3)c3ccc(F)cc3)CC2)=NN1. The monoisotopic (exact) mass is 412 g/mol. The molecule has 2 aliphatic rings. The molecule has 0 radical (unpaired) electrons. The maximum absolute atomic E-state index is 13.4. The van der Waals surface area contributed by atoms with Crippen molar-refractivity contribution in [3.05, 3.63) is 71.3 Å². The number of hydrogen-bond acceptors (Lipinski definition) is 4. The summed E-state index contributed by atoms with van der Waals surface area (Å²) < 4.78 is 26.9. The highest BCUT2D eigenvalue weighted by Crippen LogP contribution is 2.30. The van der Waals surface area contributed by atoms with Gasteiger partial charge in [0.1, 0.15) is 17.3 Å². The fourth-order valence-electron chi connectivity index (χ4n) is 3.90. The summed E-state index contributed by atoms with van der Waals surface area (Å²) in [6.45, 7) is 2.21. The van der Waals surface area contributed by atoms with Crippen molar-refractivity contribution in [1.29, 1.82) is 0 Å². The highest BCUT2D eigenvalue weighted by atomic mass is 19.1. The van der Waals surface area contributed by atoms with Gasteiger partial charge in [-0.1, -0.05) is 24.3 Å². The smallest absolute Gasteiger partial charge is 0.270 e. The Kier molecular flexibility index (Phi) is 5.85. The van der Waals surface area contributed by atoms with Gasteiger partial charge in [-0.3, -0.25) is 14.5 Å². The Labute approximate surface area is 173 Å². The molecule has 0 atom stereocenters. The Hall–Kier alpha value is -3.13. The summed E-state index contributed by atoms with van der Waals surface area (Å²) in [6, 6.07) is 12.4. The van der Waals surface area contributed by atoms with E-state index < -0.39 is 0 Å². The number of nitrogens with zero attached hydrogens (tertiary/aromatic N) is 3. The van der Waals surface area contributed by atoms with Crippen LogP contribution in [0.15, 0.2) is 53.6 Å². The van der Waals surface area contributed by atoms with Crippen LogP contribution in [0.25, 0.3) is 0 Å². The largest absolute Gasteiger partial charge is 0.335 e. The Morgan fingerprint density at radius 1 is 0.867 bits per heavy atom. The summed E-state index contributed by atoms with van der Waals surface area (Å²) in [6.07, 6.45) is 0.612. The Morgan fingerprint density at radius 3 is 1.87 bits per heavy atom. The van der Waals surface area contributed by atoms with E-state index in [-0.39, 0.29) is 35.9 Å². The predicted octanol–water partition coefficient (Wildman–Crippen LogP) is 2.46. The van der Waals surface area contributed by atoms with Gasteiger partial charge in [-0.15, -0.1) is 0 Å². The Balaban J connectivity index is 1.50. The molecule has 4 rings (SSSR count). The van der Waals surface area contributed by atoms with Crippen LogP contribution in [0.1, 0.15) is 30.0 Å². The van der Waals surface area contributed by atoms with E-state index in [4.69, 9.17) is 0 Å². The van der Waals surface area contributed by atoms with Crippen LogP contribution in [-0.2, 0) is 9.59 Å². The third-order valence-electron chi connectivity index (χ3n) is 5.49. The molecule has 0 aliphatic carbocycles. The van der Waals surface area contributed by atoms with Gasteiger partial charge in [-0.2, -0.15) is 5.10 Å². The number of hydrazone groups is 1. The lowest BCUT2D eigenvalue weighted by Crippen LogP contribution is -2.52. The summed E-state index contributed by atoms with van der Waals surface area (Å²) in [7, 11) is 0. The van der Waals surface area contributed by atoms with Gasteiger partial charge in [0.25, 0.3) is 5.91 Å². The number of nitrogens with one attached hydrogen (secondary N) is 1. The van der Waals surface area contributed by atoms with Crippen LogP contribution in [0.5, 0.6) is 0 Å². The second-order valence-corrected chi connectivity index (χ2v) is 7.43. The van der Waals surface area contributed by atoms with Gasteiger partial charge in [-0.25, -0.2) is 14.2 Å². The first-order valence-corrected chi connectivity index (χ1v) is 9.91. The molecule has 0 bridgehead atoms. The maximum Gasteiger partial charge on any atom is 0.270 e. The van der Waals surface area contributed by atoms with Gasteiger partial charge in [0.15, 0.2) is 0 Å². The average molecular weight is 412 g/mol. The van der Waals surface area contributed by atoms with Crippen molar-refractivity contribution in [1.82, 2.24) is 15.2 Å². The number of carbonyl (C=O) groups is 2. The standard InChI is InChI=1S/C22H22F2N4O2/c23-17-5-1-15(2-6-17)21(16-3-7-18(24)8-4-16)27-11-13-28(14-12-27)22(30)19-9-10-20(29)26-25-19/h1-8,21H,9-14H2,(H,26,29). The second-order valence-electron chi connectivity index (χ2n) is 7.43. The van der Waals surface area contributed by atoms with E-state index in [1.807, 2.05) is 0 Å². The van der Waals surface area contributed by atoms with E-state index in [0.29, 0.717) is 38.3 Å². The number of piperazine rings is 1. The zero-order valence-corrected chi connectivity index (χ0v) is 16.4. The minimum absolute atomic E-state index is 0.158. The van der Waals surface area contributed by atoms with Crippen LogP contribution in [0, 0.1) is 11.6 Å². The Bertz CT molecular complexity index is 907. The van der Waals surface area contributed by atoms with Gasteiger partial charge >= 0.3 is 0 Å². The quantitative estimate of drug-likeness (QED) is 0.839. The molecule has 2 aliphatic heterocycles. The first kappa shape index (κ1) is 20.2. The third-order valence-corrected chi connectivity index (χ3v) is 5.49. The first-order valence-electron chi connectivity index (χ1n) is 9.91. The third kappa shape index (κ3) is 4.38. The second kappa shape index (κ2) is 8.71. The molecule has 30 heavy (non-hydrogen) atoms. The molecular formula is C22H22F2N4O2. The fourth-order valence-corrected chi connectivity index (χ4v) is 3.90. The van der Waals surface area contributed by atoms with E-state index in [1.54, 1.807) is 29.2 Å². The lowest BCUT2D eigenvalue weighted by molar-refractivity contribution is -0.126. The summed E-state index contributed by atoms with van der Waals surface area (Å²) in [5.41, 5.74) is 4.54.